The van der Waals surface area contributed by atoms with Gasteiger partial charge in [0, 0.05) is 12.1 Å². The van der Waals surface area contributed by atoms with Crippen LogP contribution >= 0.6 is 0 Å². The van der Waals surface area contributed by atoms with Crippen LogP contribution in [0.5, 0.6) is 11.5 Å². The molecule has 22 heavy (non-hydrogen) atoms. The summed E-state index contributed by atoms with van der Waals surface area (Å²) in [6, 6.07) is 8.06. The Morgan fingerprint density at radius 2 is 2.00 bits per heavy atom. The first-order chi connectivity index (χ1) is 10.7. The summed E-state index contributed by atoms with van der Waals surface area (Å²) in [7, 11) is 3.31. The van der Waals surface area contributed by atoms with Crippen molar-refractivity contribution in [3.8, 4) is 11.5 Å². The fourth-order valence-electron chi connectivity index (χ4n) is 2.43. The summed E-state index contributed by atoms with van der Waals surface area (Å²) in [6.45, 7) is 7.16. The van der Waals surface area contributed by atoms with Gasteiger partial charge in [0.15, 0.2) is 11.5 Å². The van der Waals surface area contributed by atoms with E-state index in [4.69, 9.17) is 13.9 Å². The number of aryl methyl sites for hydroxylation is 1. The summed E-state index contributed by atoms with van der Waals surface area (Å²) in [5.74, 6) is 3.38. The lowest BCUT2D eigenvalue weighted by Crippen LogP contribution is -2.12. The average molecular weight is 301 g/mol. The number of furan rings is 1. The Morgan fingerprint density at radius 1 is 1.18 bits per heavy atom. The van der Waals surface area contributed by atoms with Crippen LogP contribution in [0.2, 0.25) is 0 Å². The smallest absolute Gasteiger partial charge is 0.164 e. The lowest BCUT2D eigenvalue weighted by Gasteiger charge is -2.14. The Hall–Kier alpha value is -2.20. The van der Waals surface area contributed by atoms with E-state index in [1.807, 2.05) is 31.2 Å². The van der Waals surface area contributed by atoms with Crippen molar-refractivity contribution in [1.82, 2.24) is 5.32 Å². The van der Waals surface area contributed by atoms with Crippen LogP contribution in [-0.4, -0.2) is 14.2 Å². The molecule has 0 aliphatic carbocycles. The van der Waals surface area contributed by atoms with Gasteiger partial charge >= 0.3 is 0 Å². The largest absolute Gasteiger partial charge is 0.493 e. The van der Waals surface area contributed by atoms with E-state index in [9.17, 15) is 0 Å². The van der Waals surface area contributed by atoms with Crippen LogP contribution in [0.3, 0.4) is 0 Å². The molecule has 0 bridgehead atoms. The maximum atomic E-state index is 5.54. The maximum Gasteiger partial charge on any atom is 0.164 e. The lowest BCUT2D eigenvalue weighted by molar-refractivity contribution is 0.351. The van der Waals surface area contributed by atoms with E-state index in [0.29, 0.717) is 6.54 Å². The fourth-order valence-corrected chi connectivity index (χ4v) is 2.43. The molecule has 0 unspecified atom stereocenters. The fraction of sp³-hybridized carbons (Fsp3) is 0.333. The summed E-state index contributed by atoms with van der Waals surface area (Å²) < 4.78 is 16.4. The van der Waals surface area contributed by atoms with Gasteiger partial charge in [-0.15, -0.1) is 6.58 Å². The molecule has 0 atom stereocenters. The molecule has 118 valence electrons. The Labute approximate surface area is 131 Å². The van der Waals surface area contributed by atoms with E-state index in [2.05, 4.69) is 18.0 Å². The molecule has 1 heterocycles. The van der Waals surface area contributed by atoms with Crippen LogP contribution in [-0.2, 0) is 19.5 Å². The highest BCUT2D eigenvalue weighted by Gasteiger charge is 2.11. The van der Waals surface area contributed by atoms with Gasteiger partial charge in [0.05, 0.1) is 20.8 Å². The van der Waals surface area contributed by atoms with Crippen LogP contribution in [0.25, 0.3) is 0 Å². The number of allylic oxidation sites excluding steroid dienone is 1. The van der Waals surface area contributed by atoms with Crippen molar-refractivity contribution in [3.05, 3.63) is 59.6 Å². The second kappa shape index (κ2) is 7.71. The van der Waals surface area contributed by atoms with Crippen LogP contribution in [0.4, 0.5) is 0 Å². The summed E-state index contributed by atoms with van der Waals surface area (Å²) >= 11 is 0. The van der Waals surface area contributed by atoms with E-state index in [-0.39, 0.29) is 0 Å². The van der Waals surface area contributed by atoms with Gasteiger partial charge in [-0.05, 0) is 37.1 Å². The monoisotopic (exact) mass is 301 g/mol. The van der Waals surface area contributed by atoms with Gasteiger partial charge in [0.2, 0.25) is 0 Å². The number of hydrogen-bond donors (Lipinski definition) is 1. The lowest BCUT2D eigenvalue weighted by atomic mass is 10.1. The first kappa shape index (κ1) is 16.2. The van der Waals surface area contributed by atoms with Crippen molar-refractivity contribution in [2.24, 2.45) is 0 Å². The standard InChI is InChI=1S/C18H23NO3/c1-5-6-15-9-14(10-17(20-3)18(15)21-4)11-19-12-16-8-7-13(2)22-16/h5,7-10,19H,1,6,11-12H2,2-4H3. The number of benzene rings is 1. The van der Waals surface area contributed by atoms with E-state index < -0.39 is 0 Å². The van der Waals surface area contributed by atoms with Crippen molar-refractivity contribution in [2.75, 3.05) is 14.2 Å². The van der Waals surface area contributed by atoms with Gasteiger partial charge in [-0.1, -0.05) is 12.1 Å². The molecular formula is C18H23NO3. The van der Waals surface area contributed by atoms with Crippen molar-refractivity contribution < 1.29 is 13.9 Å². The summed E-state index contributed by atoms with van der Waals surface area (Å²) in [6.07, 6.45) is 2.60. The first-order valence-corrected chi connectivity index (χ1v) is 7.28. The van der Waals surface area contributed by atoms with Crippen LogP contribution in [0.15, 0.2) is 41.3 Å². The van der Waals surface area contributed by atoms with Crippen molar-refractivity contribution >= 4 is 0 Å². The maximum absolute atomic E-state index is 5.54. The number of methoxy groups -OCH3 is 2. The van der Waals surface area contributed by atoms with Crippen LogP contribution in [0, 0.1) is 6.92 Å². The topological polar surface area (TPSA) is 43.6 Å². The zero-order chi connectivity index (χ0) is 15.9. The van der Waals surface area contributed by atoms with E-state index in [0.717, 1.165) is 47.1 Å². The normalized spacial score (nSPS) is 10.5. The predicted molar refractivity (Wildman–Crippen MR) is 87.4 cm³/mol. The third kappa shape index (κ3) is 3.92. The molecule has 1 N–H and O–H groups in total. The highest BCUT2D eigenvalue weighted by atomic mass is 16.5. The third-order valence-corrected chi connectivity index (χ3v) is 3.40. The molecule has 0 amide bonds. The molecule has 0 aliphatic rings. The zero-order valence-electron chi connectivity index (χ0n) is 13.4. The molecule has 4 nitrogen and oxygen atoms in total. The SMILES string of the molecule is C=CCc1cc(CNCc2ccc(C)o2)cc(OC)c1OC. The summed E-state index contributed by atoms with van der Waals surface area (Å²) in [4.78, 5) is 0. The summed E-state index contributed by atoms with van der Waals surface area (Å²) in [5, 5.41) is 3.37. The molecule has 0 spiro atoms. The quantitative estimate of drug-likeness (QED) is 0.756. The van der Waals surface area contributed by atoms with Gasteiger partial charge < -0.3 is 19.2 Å². The van der Waals surface area contributed by atoms with Crippen molar-refractivity contribution in [2.45, 2.75) is 26.4 Å². The number of nitrogens with one attached hydrogen (secondary N) is 1. The van der Waals surface area contributed by atoms with Gasteiger partial charge in [-0.3, -0.25) is 0 Å². The van der Waals surface area contributed by atoms with Gasteiger partial charge in [-0.2, -0.15) is 0 Å². The van der Waals surface area contributed by atoms with Crippen LogP contribution in [0.1, 0.15) is 22.6 Å². The second-order valence-electron chi connectivity index (χ2n) is 5.10. The molecule has 0 fully saturated rings. The first-order valence-electron chi connectivity index (χ1n) is 7.28. The van der Waals surface area contributed by atoms with Crippen molar-refractivity contribution in [3.63, 3.8) is 0 Å². The zero-order valence-corrected chi connectivity index (χ0v) is 13.4. The third-order valence-electron chi connectivity index (χ3n) is 3.40. The highest BCUT2D eigenvalue weighted by molar-refractivity contribution is 5.50. The Bertz CT molecular complexity index is 631. The molecule has 2 aromatic rings. The minimum Gasteiger partial charge on any atom is -0.493 e. The van der Waals surface area contributed by atoms with E-state index >= 15 is 0 Å². The van der Waals surface area contributed by atoms with Gasteiger partial charge in [-0.25, -0.2) is 0 Å². The summed E-state index contributed by atoms with van der Waals surface area (Å²) in [5.41, 5.74) is 2.21. The molecule has 0 saturated carbocycles. The molecule has 2 rings (SSSR count). The average Bonchev–Trinajstić information content (AvgIpc) is 2.92. The van der Waals surface area contributed by atoms with Crippen LogP contribution < -0.4 is 14.8 Å². The molecule has 1 aromatic carbocycles. The molecular weight excluding hydrogens is 278 g/mol. The van der Waals surface area contributed by atoms with E-state index in [1.54, 1.807) is 14.2 Å². The molecule has 0 saturated heterocycles. The second-order valence-corrected chi connectivity index (χ2v) is 5.10. The number of ether oxygens (including phenoxy) is 2. The minimum absolute atomic E-state index is 0.693. The van der Waals surface area contributed by atoms with Crippen molar-refractivity contribution in [1.29, 1.82) is 0 Å². The minimum atomic E-state index is 0.693. The highest BCUT2D eigenvalue weighted by Crippen LogP contribution is 2.33. The molecule has 1 aromatic heterocycles. The molecule has 0 aliphatic heterocycles. The molecule has 0 radical (unpaired) electrons. The Kier molecular flexibility index (Phi) is 5.67. The Morgan fingerprint density at radius 3 is 2.59 bits per heavy atom. The molecule has 4 heteroatoms. The van der Waals surface area contributed by atoms with E-state index in [1.165, 1.54) is 0 Å². The van der Waals surface area contributed by atoms with Gasteiger partial charge in [0.1, 0.15) is 11.5 Å². The van der Waals surface area contributed by atoms with Gasteiger partial charge in [0.25, 0.3) is 0 Å². The number of hydrogen-bond acceptors (Lipinski definition) is 4. The predicted octanol–water partition coefficient (Wildman–Crippen LogP) is 3.62. The Balaban J connectivity index is 2.09. The number of rotatable bonds is 8.